The zero-order valence-electron chi connectivity index (χ0n) is 15.0. The molecular weight excluding hydrogens is 343 g/mol. The molecule has 1 aromatic carbocycles. The minimum absolute atomic E-state index is 0. The first-order valence-electron chi connectivity index (χ1n) is 8.74. The van der Waals surface area contributed by atoms with E-state index in [2.05, 4.69) is 13.8 Å². The number of amides is 1. The van der Waals surface area contributed by atoms with E-state index in [4.69, 9.17) is 10.5 Å². The predicted octanol–water partition coefficient (Wildman–Crippen LogP) is 2.88. The lowest BCUT2D eigenvalue weighted by molar-refractivity contribution is -0.144. The molecule has 2 N–H and O–H groups in total. The highest BCUT2D eigenvalue weighted by Crippen LogP contribution is 2.39. The van der Waals surface area contributed by atoms with E-state index in [9.17, 15) is 9.18 Å². The maximum Gasteiger partial charge on any atom is 0.233 e. The molecule has 0 bridgehead atoms. The minimum atomic E-state index is -0.608. The SMILES string of the molecule is CC1(C)CN(C(=O)C2(c3ccc(F)cc3)CCOCC2)CCC1N.Cl. The first-order chi connectivity index (χ1) is 11.3. The van der Waals surface area contributed by atoms with Crippen LogP contribution in [0.1, 0.15) is 38.7 Å². The van der Waals surface area contributed by atoms with E-state index in [1.54, 1.807) is 12.1 Å². The number of nitrogens with two attached hydrogens (primary N) is 1. The molecule has 0 aliphatic carbocycles. The van der Waals surface area contributed by atoms with Crippen LogP contribution in [-0.4, -0.2) is 43.2 Å². The molecule has 2 heterocycles. The average molecular weight is 371 g/mol. The van der Waals surface area contributed by atoms with Crippen LogP contribution in [-0.2, 0) is 14.9 Å². The first-order valence-corrected chi connectivity index (χ1v) is 8.74. The van der Waals surface area contributed by atoms with E-state index < -0.39 is 5.41 Å². The average Bonchev–Trinajstić information content (AvgIpc) is 2.58. The van der Waals surface area contributed by atoms with E-state index in [-0.39, 0.29) is 35.6 Å². The summed E-state index contributed by atoms with van der Waals surface area (Å²) in [6.07, 6.45) is 2.09. The molecule has 1 amide bonds. The molecule has 2 aliphatic rings. The number of halogens is 2. The summed E-state index contributed by atoms with van der Waals surface area (Å²) in [4.78, 5) is 15.4. The minimum Gasteiger partial charge on any atom is -0.381 e. The summed E-state index contributed by atoms with van der Waals surface area (Å²) in [5.41, 5.74) is 6.41. The van der Waals surface area contributed by atoms with E-state index in [1.165, 1.54) is 12.1 Å². The highest BCUT2D eigenvalue weighted by Gasteiger charge is 2.46. The lowest BCUT2D eigenvalue weighted by Crippen LogP contribution is -2.58. The molecule has 2 fully saturated rings. The van der Waals surface area contributed by atoms with Crippen molar-refractivity contribution in [3.8, 4) is 0 Å². The second-order valence-corrected chi connectivity index (χ2v) is 7.81. The molecule has 25 heavy (non-hydrogen) atoms. The predicted molar refractivity (Wildman–Crippen MR) is 98.3 cm³/mol. The Morgan fingerprint density at radius 2 is 1.84 bits per heavy atom. The van der Waals surface area contributed by atoms with Gasteiger partial charge >= 0.3 is 0 Å². The van der Waals surface area contributed by atoms with Gasteiger partial charge in [0.2, 0.25) is 5.91 Å². The molecule has 6 heteroatoms. The van der Waals surface area contributed by atoms with Crippen molar-refractivity contribution >= 4 is 18.3 Å². The number of piperidine rings is 1. The van der Waals surface area contributed by atoms with Crippen LogP contribution in [0.4, 0.5) is 4.39 Å². The van der Waals surface area contributed by atoms with Crippen LogP contribution >= 0.6 is 12.4 Å². The standard InChI is InChI=1S/C19H27FN2O2.ClH/c1-18(2)13-22(10-7-16(18)21)17(23)19(8-11-24-12-9-19)14-3-5-15(20)6-4-14;/h3-6,16H,7-13,21H2,1-2H3;1H. The Morgan fingerprint density at radius 1 is 1.24 bits per heavy atom. The number of carbonyl (C=O) groups is 1. The molecule has 3 rings (SSSR count). The van der Waals surface area contributed by atoms with Gasteiger partial charge in [-0.05, 0) is 42.4 Å². The highest BCUT2D eigenvalue weighted by atomic mass is 35.5. The Kier molecular flexibility index (Phi) is 6.13. The maximum absolute atomic E-state index is 13.5. The summed E-state index contributed by atoms with van der Waals surface area (Å²) < 4.78 is 18.8. The number of hydrogen-bond donors (Lipinski definition) is 1. The molecule has 140 valence electrons. The van der Waals surface area contributed by atoms with Gasteiger partial charge in [-0.1, -0.05) is 26.0 Å². The second-order valence-electron chi connectivity index (χ2n) is 7.81. The Balaban J connectivity index is 0.00000225. The van der Waals surface area contributed by atoms with Crippen molar-refractivity contribution in [3.05, 3.63) is 35.6 Å². The number of likely N-dealkylation sites (tertiary alicyclic amines) is 1. The lowest BCUT2D eigenvalue weighted by Gasteiger charge is -2.47. The van der Waals surface area contributed by atoms with E-state index in [0.29, 0.717) is 39.1 Å². The Morgan fingerprint density at radius 3 is 2.40 bits per heavy atom. The van der Waals surface area contributed by atoms with E-state index in [0.717, 1.165) is 12.0 Å². The monoisotopic (exact) mass is 370 g/mol. The van der Waals surface area contributed by atoms with E-state index in [1.807, 2.05) is 4.90 Å². The van der Waals surface area contributed by atoms with Crippen molar-refractivity contribution < 1.29 is 13.9 Å². The van der Waals surface area contributed by atoms with Crippen molar-refractivity contribution in [2.45, 2.75) is 44.6 Å². The van der Waals surface area contributed by atoms with Crippen molar-refractivity contribution in [1.82, 2.24) is 4.90 Å². The third kappa shape index (κ3) is 3.83. The smallest absolute Gasteiger partial charge is 0.233 e. The normalized spacial score (nSPS) is 25.1. The van der Waals surface area contributed by atoms with Crippen LogP contribution in [0.2, 0.25) is 0 Å². The topological polar surface area (TPSA) is 55.6 Å². The van der Waals surface area contributed by atoms with Crippen LogP contribution in [0, 0.1) is 11.2 Å². The summed E-state index contributed by atoms with van der Waals surface area (Å²) in [7, 11) is 0. The van der Waals surface area contributed by atoms with Crippen molar-refractivity contribution in [2.24, 2.45) is 11.1 Å². The first kappa shape index (κ1) is 20.1. The van der Waals surface area contributed by atoms with E-state index >= 15 is 0 Å². The van der Waals surface area contributed by atoms with Gasteiger partial charge in [0.05, 0.1) is 5.41 Å². The van der Waals surface area contributed by atoms with Crippen molar-refractivity contribution in [3.63, 3.8) is 0 Å². The number of nitrogens with zero attached hydrogens (tertiary/aromatic N) is 1. The van der Waals surface area contributed by atoms with Gasteiger partial charge in [0.1, 0.15) is 5.82 Å². The number of hydrogen-bond acceptors (Lipinski definition) is 3. The van der Waals surface area contributed by atoms with Crippen molar-refractivity contribution in [2.75, 3.05) is 26.3 Å². The largest absolute Gasteiger partial charge is 0.381 e. The third-order valence-electron chi connectivity index (χ3n) is 5.75. The van der Waals surface area contributed by atoms with Gasteiger partial charge in [-0.15, -0.1) is 12.4 Å². The Labute approximate surface area is 155 Å². The summed E-state index contributed by atoms with van der Waals surface area (Å²) in [6, 6.07) is 6.49. The number of benzene rings is 1. The molecule has 0 radical (unpaired) electrons. The fourth-order valence-electron chi connectivity index (χ4n) is 3.96. The fraction of sp³-hybridized carbons (Fsp3) is 0.632. The quantitative estimate of drug-likeness (QED) is 0.870. The zero-order valence-corrected chi connectivity index (χ0v) is 15.8. The summed E-state index contributed by atoms with van der Waals surface area (Å²) in [6.45, 7) is 6.70. The zero-order chi connectivity index (χ0) is 17.4. The molecule has 0 aromatic heterocycles. The number of rotatable bonds is 2. The molecule has 1 unspecified atom stereocenters. The van der Waals surface area contributed by atoms with Gasteiger partial charge in [-0.3, -0.25) is 4.79 Å². The maximum atomic E-state index is 13.5. The van der Waals surface area contributed by atoms with Crippen LogP contribution in [0.25, 0.3) is 0 Å². The third-order valence-corrected chi connectivity index (χ3v) is 5.75. The molecular formula is C19H28ClFN2O2. The number of carbonyl (C=O) groups excluding carboxylic acids is 1. The van der Waals surface area contributed by atoms with Gasteiger partial charge in [-0.25, -0.2) is 4.39 Å². The van der Waals surface area contributed by atoms with Gasteiger partial charge in [0.25, 0.3) is 0 Å². The van der Waals surface area contributed by atoms with Crippen LogP contribution in [0.15, 0.2) is 24.3 Å². The molecule has 2 aliphatic heterocycles. The van der Waals surface area contributed by atoms with Crippen molar-refractivity contribution in [1.29, 1.82) is 0 Å². The highest BCUT2D eigenvalue weighted by molar-refractivity contribution is 5.88. The summed E-state index contributed by atoms with van der Waals surface area (Å²) in [5, 5.41) is 0. The molecule has 1 aromatic rings. The van der Waals surface area contributed by atoms with Gasteiger partial charge < -0.3 is 15.4 Å². The second kappa shape index (κ2) is 7.60. The molecule has 4 nitrogen and oxygen atoms in total. The van der Waals surface area contributed by atoms with Gasteiger partial charge in [-0.2, -0.15) is 0 Å². The summed E-state index contributed by atoms with van der Waals surface area (Å²) >= 11 is 0. The van der Waals surface area contributed by atoms with Crippen LogP contribution in [0.5, 0.6) is 0 Å². The number of ether oxygens (including phenoxy) is 1. The summed E-state index contributed by atoms with van der Waals surface area (Å²) in [5.74, 6) is -0.143. The van der Waals surface area contributed by atoms with Crippen LogP contribution < -0.4 is 5.73 Å². The molecule has 0 saturated carbocycles. The Bertz CT molecular complexity index is 600. The van der Waals surface area contributed by atoms with Gasteiger partial charge in [0.15, 0.2) is 0 Å². The lowest BCUT2D eigenvalue weighted by atomic mass is 9.71. The molecule has 0 spiro atoms. The molecule has 2 saturated heterocycles. The molecule has 1 atom stereocenters. The fourth-order valence-corrected chi connectivity index (χ4v) is 3.96. The van der Waals surface area contributed by atoms with Crippen LogP contribution in [0.3, 0.4) is 0 Å². The van der Waals surface area contributed by atoms with Gasteiger partial charge in [0, 0.05) is 32.3 Å². The Hall–Kier alpha value is -1.17.